The van der Waals surface area contributed by atoms with Crippen LogP contribution in [0.1, 0.15) is 19.8 Å². The third-order valence-electron chi connectivity index (χ3n) is 6.29. The van der Waals surface area contributed by atoms with E-state index in [1.54, 1.807) is 25.1 Å². The highest BCUT2D eigenvalue weighted by atomic mass is 32.2. The average molecular weight is 554 g/mol. The molecule has 6 N–H and O–H groups in total. The predicted molar refractivity (Wildman–Crippen MR) is 150 cm³/mol. The summed E-state index contributed by atoms with van der Waals surface area (Å²) in [7, 11) is -3.65. The van der Waals surface area contributed by atoms with Crippen LogP contribution in [0.25, 0.3) is 0 Å². The number of carbonyl (C=O) groups excluding carboxylic acids is 1. The minimum Gasteiger partial charge on any atom is -0.506 e. The lowest BCUT2D eigenvalue weighted by Gasteiger charge is -2.31. The van der Waals surface area contributed by atoms with E-state index in [1.165, 1.54) is 30.3 Å². The van der Waals surface area contributed by atoms with Gasteiger partial charge in [0.25, 0.3) is 0 Å². The van der Waals surface area contributed by atoms with Crippen molar-refractivity contribution in [2.45, 2.75) is 24.7 Å². The number of allylic oxidation sites excluding steroid dienone is 1. The van der Waals surface area contributed by atoms with Crippen molar-refractivity contribution in [1.29, 1.82) is 5.41 Å². The lowest BCUT2D eigenvalue weighted by molar-refractivity contribution is 0.252. The number of hydrogen-bond donors (Lipinski definition) is 6. The van der Waals surface area contributed by atoms with Crippen LogP contribution in [-0.2, 0) is 10.0 Å². The Morgan fingerprint density at radius 2 is 1.79 bits per heavy atom. The van der Waals surface area contributed by atoms with Crippen molar-refractivity contribution in [3.8, 4) is 11.5 Å². The fourth-order valence-corrected chi connectivity index (χ4v) is 5.38. The molecule has 2 amide bonds. The first-order valence-corrected chi connectivity index (χ1v) is 13.8. The van der Waals surface area contributed by atoms with Gasteiger partial charge in [0.2, 0.25) is 10.0 Å². The Morgan fingerprint density at radius 1 is 1.15 bits per heavy atom. The van der Waals surface area contributed by atoms with E-state index in [0.717, 1.165) is 30.8 Å². The Hall–Kier alpha value is -4.20. The average Bonchev–Trinajstić information content (AvgIpc) is 3.39. The van der Waals surface area contributed by atoms with E-state index in [2.05, 4.69) is 31.8 Å². The van der Waals surface area contributed by atoms with Gasteiger partial charge in [0.1, 0.15) is 34.7 Å². The number of aliphatic imine (C=N–C) groups is 1. The van der Waals surface area contributed by atoms with Crippen molar-refractivity contribution in [3.05, 3.63) is 66.5 Å². The minimum atomic E-state index is -3.65. The number of sulfonamides is 1. The zero-order chi connectivity index (χ0) is 28.2. The maximum absolute atomic E-state index is 12.8. The summed E-state index contributed by atoms with van der Waals surface area (Å²) in [5.41, 5.74) is 0.512. The molecule has 2 aromatic carbocycles. The number of amidine groups is 2. The van der Waals surface area contributed by atoms with Crippen molar-refractivity contribution in [3.63, 3.8) is 0 Å². The van der Waals surface area contributed by atoms with Crippen LogP contribution in [0.3, 0.4) is 0 Å². The molecule has 0 saturated carbocycles. The zero-order valence-electron chi connectivity index (χ0n) is 21.4. The molecule has 0 aliphatic carbocycles. The monoisotopic (exact) mass is 553 g/mol. The van der Waals surface area contributed by atoms with Gasteiger partial charge < -0.3 is 20.4 Å². The maximum atomic E-state index is 12.8. The second-order valence-electron chi connectivity index (χ2n) is 8.96. The van der Waals surface area contributed by atoms with E-state index in [0.29, 0.717) is 18.8 Å². The number of amides is 2. The smallest absolute Gasteiger partial charge is 0.333 e. The summed E-state index contributed by atoms with van der Waals surface area (Å²) in [5, 5.41) is 34.4. The van der Waals surface area contributed by atoms with Gasteiger partial charge in [-0.15, -0.1) is 0 Å². The standard InChI is InChI=1S/C26H31N7O5S/c1-3-20-24(27)33(23-21(34)7-6-8-22(23)35)26(36)31-25(20)30-17(2)29-18-9-11-19(12-10-18)39(37,38)28-13-16-32-14-4-5-15-32/h3,6-12,27-29,34-35H,2,4-5,13-16H2,1H3,(H,30,31,36)/b20-3-,27-24?. The number of rotatable bonds is 9. The number of para-hydroxylation sites is 1. The first-order valence-electron chi connectivity index (χ1n) is 12.3. The second-order valence-corrected chi connectivity index (χ2v) is 10.7. The quantitative estimate of drug-likeness (QED) is 0.277. The van der Waals surface area contributed by atoms with Gasteiger partial charge >= 0.3 is 6.03 Å². The number of aromatic hydroxyl groups is 2. The Kier molecular flexibility index (Phi) is 8.33. The highest BCUT2D eigenvalue weighted by molar-refractivity contribution is 7.89. The number of urea groups is 1. The molecule has 0 spiro atoms. The molecule has 12 nitrogen and oxygen atoms in total. The van der Waals surface area contributed by atoms with Crippen molar-refractivity contribution in [2.75, 3.05) is 36.4 Å². The van der Waals surface area contributed by atoms with Crippen LogP contribution < -0.4 is 20.3 Å². The van der Waals surface area contributed by atoms with Crippen molar-refractivity contribution >= 4 is 39.1 Å². The molecule has 2 aliphatic heterocycles. The zero-order valence-corrected chi connectivity index (χ0v) is 22.3. The van der Waals surface area contributed by atoms with E-state index < -0.39 is 16.1 Å². The largest absolute Gasteiger partial charge is 0.506 e. The molecule has 13 heteroatoms. The van der Waals surface area contributed by atoms with Crippen LogP contribution >= 0.6 is 0 Å². The Labute approximate surface area is 226 Å². The SMILES string of the molecule is C=C(/N=C1/NC(=O)N(c2c(O)cccc2O)C(=N)/C1=C/C)Nc1ccc(S(=O)(=O)NCCN2CCCC2)cc1. The minimum absolute atomic E-state index is 0.0394. The van der Waals surface area contributed by atoms with Gasteiger partial charge in [-0.1, -0.05) is 18.7 Å². The molecule has 2 aromatic rings. The molecule has 2 saturated heterocycles. The van der Waals surface area contributed by atoms with Gasteiger partial charge in [-0.25, -0.2) is 27.8 Å². The molecule has 0 unspecified atom stereocenters. The van der Waals surface area contributed by atoms with E-state index >= 15 is 0 Å². The number of phenols is 2. The number of anilines is 2. The van der Waals surface area contributed by atoms with Crippen LogP contribution in [0.15, 0.2) is 76.4 Å². The molecular weight excluding hydrogens is 522 g/mol. The van der Waals surface area contributed by atoms with Crippen molar-refractivity contribution in [1.82, 2.24) is 14.9 Å². The first kappa shape index (κ1) is 27.8. The summed E-state index contributed by atoms with van der Waals surface area (Å²) < 4.78 is 27.9. The summed E-state index contributed by atoms with van der Waals surface area (Å²) in [5.74, 6) is -0.891. The van der Waals surface area contributed by atoms with Gasteiger partial charge in [0, 0.05) is 18.8 Å². The third-order valence-corrected chi connectivity index (χ3v) is 7.76. The van der Waals surface area contributed by atoms with Crippen LogP contribution in [0, 0.1) is 5.41 Å². The predicted octanol–water partition coefficient (Wildman–Crippen LogP) is 2.91. The summed E-state index contributed by atoms with van der Waals surface area (Å²) in [6.07, 6.45) is 3.84. The van der Waals surface area contributed by atoms with Crippen LogP contribution in [0.5, 0.6) is 11.5 Å². The number of nitrogens with zero attached hydrogens (tertiary/aromatic N) is 3. The molecule has 0 bridgehead atoms. The van der Waals surface area contributed by atoms with Crippen molar-refractivity contribution in [2.24, 2.45) is 4.99 Å². The highest BCUT2D eigenvalue weighted by Crippen LogP contribution is 2.38. The lowest BCUT2D eigenvalue weighted by Crippen LogP contribution is -2.54. The van der Waals surface area contributed by atoms with Gasteiger partial charge in [-0.3, -0.25) is 10.7 Å². The molecule has 0 aromatic heterocycles. The fraction of sp³-hybridized carbons (Fsp3) is 0.269. The molecule has 2 fully saturated rings. The summed E-state index contributed by atoms with van der Waals surface area (Å²) in [6.45, 7) is 8.49. The maximum Gasteiger partial charge on any atom is 0.333 e. The molecular formula is C26H31N7O5S. The topological polar surface area (TPSA) is 170 Å². The molecule has 0 radical (unpaired) electrons. The Bertz CT molecular complexity index is 1430. The first-order chi connectivity index (χ1) is 18.6. The van der Waals surface area contributed by atoms with Crippen LogP contribution in [0.2, 0.25) is 0 Å². The number of carbonyl (C=O) groups is 1. The van der Waals surface area contributed by atoms with E-state index in [4.69, 9.17) is 5.41 Å². The van der Waals surface area contributed by atoms with Gasteiger partial charge in [0.15, 0.2) is 0 Å². The molecule has 2 heterocycles. The molecule has 39 heavy (non-hydrogen) atoms. The van der Waals surface area contributed by atoms with Crippen molar-refractivity contribution < 1.29 is 23.4 Å². The number of phenolic OH excluding ortho intramolecular Hbond substituents is 2. The summed E-state index contributed by atoms with van der Waals surface area (Å²) in [4.78, 5) is 20.3. The molecule has 4 rings (SSSR count). The Balaban J connectivity index is 1.42. The van der Waals surface area contributed by atoms with E-state index in [-0.39, 0.29) is 45.1 Å². The summed E-state index contributed by atoms with van der Waals surface area (Å²) in [6, 6.07) is 9.26. The van der Waals surface area contributed by atoms with Crippen LogP contribution in [-0.4, -0.2) is 67.4 Å². The van der Waals surface area contributed by atoms with Gasteiger partial charge in [-0.2, -0.15) is 0 Å². The fourth-order valence-electron chi connectivity index (χ4n) is 4.36. The molecule has 206 valence electrons. The van der Waals surface area contributed by atoms with Crippen LogP contribution in [0.4, 0.5) is 16.2 Å². The lowest BCUT2D eigenvalue weighted by atomic mass is 10.1. The van der Waals surface area contributed by atoms with E-state index in [1.807, 2.05) is 0 Å². The molecule has 0 atom stereocenters. The highest BCUT2D eigenvalue weighted by Gasteiger charge is 2.35. The number of likely N-dealkylation sites (tertiary alicyclic amines) is 1. The third kappa shape index (κ3) is 6.28. The Morgan fingerprint density at radius 3 is 2.41 bits per heavy atom. The number of hydrogen-bond acceptors (Lipinski definition) is 9. The summed E-state index contributed by atoms with van der Waals surface area (Å²) >= 11 is 0. The second kappa shape index (κ2) is 11.7. The normalized spacial score (nSPS) is 18.5. The van der Waals surface area contributed by atoms with E-state index in [9.17, 15) is 23.4 Å². The molecule has 2 aliphatic rings. The van der Waals surface area contributed by atoms with Gasteiger partial charge in [0.05, 0.1) is 10.5 Å². The number of nitrogens with one attached hydrogen (secondary N) is 4. The number of benzene rings is 2. The van der Waals surface area contributed by atoms with Gasteiger partial charge in [-0.05, 0) is 69.3 Å².